The molecular formula is C17H18N2O4S. The van der Waals surface area contributed by atoms with E-state index in [2.05, 4.69) is 10.9 Å². The molecule has 2 aromatic rings. The Bertz CT molecular complexity index is 785. The first-order valence-corrected chi connectivity index (χ1v) is 8.49. The minimum absolute atomic E-state index is 0.325. The van der Waals surface area contributed by atoms with Gasteiger partial charge in [-0.1, -0.05) is 6.92 Å². The normalized spacial score (nSPS) is 12.6. The van der Waals surface area contributed by atoms with Crippen molar-refractivity contribution >= 4 is 23.2 Å². The molecule has 0 fully saturated rings. The number of thiophene rings is 1. The minimum atomic E-state index is -0.413. The number of hydrazine groups is 1. The van der Waals surface area contributed by atoms with E-state index in [-0.39, 0.29) is 5.91 Å². The van der Waals surface area contributed by atoms with Crippen LogP contribution >= 0.6 is 11.3 Å². The number of carbonyl (C=O) groups is 2. The summed E-state index contributed by atoms with van der Waals surface area (Å²) in [7, 11) is 0. The molecule has 0 atom stereocenters. The average Bonchev–Trinajstić information content (AvgIpc) is 2.99. The zero-order valence-corrected chi connectivity index (χ0v) is 14.3. The summed E-state index contributed by atoms with van der Waals surface area (Å²) >= 11 is 1.41. The minimum Gasteiger partial charge on any atom is -0.486 e. The maximum Gasteiger partial charge on any atom is 0.279 e. The van der Waals surface area contributed by atoms with Gasteiger partial charge in [-0.25, -0.2) is 0 Å². The van der Waals surface area contributed by atoms with Crippen molar-refractivity contribution in [2.75, 3.05) is 13.2 Å². The Labute approximate surface area is 143 Å². The Hall–Kier alpha value is -2.54. The fourth-order valence-corrected chi connectivity index (χ4v) is 3.42. The van der Waals surface area contributed by atoms with Crippen LogP contribution in [0.5, 0.6) is 11.5 Å². The van der Waals surface area contributed by atoms with Gasteiger partial charge in [0.15, 0.2) is 11.5 Å². The highest BCUT2D eigenvalue weighted by molar-refractivity contribution is 7.14. The molecule has 0 unspecified atom stereocenters. The number of benzene rings is 1. The lowest BCUT2D eigenvalue weighted by Crippen LogP contribution is -2.41. The number of carbonyl (C=O) groups excluding carboxylic acids is 2. The molecule has 0 radical (unpaired) electrons. The van der Waals surface area contributed by atoms with Crippen molar-refractivity contribution < 1.29 is 19.1 Å². The SMILES string of the molecule is CCc1cc(C(=O)NNC(=O)c2ccc3c(c2)OCCO3)sc1C. The van der Waals surface area contributed by atoms with Crippen molar-refractivity contribution in [3.63, 3.8) is 0 Å². The van der Waals surface area contributed by atoms with Gasteiger partial charge in [-0.2, -0.15) is 0 Å². The molecule has 7 heteroatoms. The predicted octanol–water partition coefficient (Wildman–Crippen LogP) is 2.46. The summed E-state index contributed by atoms with van der Waals surface area (Å²) < 4.78 is 10.9. The molecule has 2 heterocycles. The molecule has 2 N–H and O–H groups in total. The van der Waals surface area contributed by atoms with Crippen LogP contribution in [-0.2, 0) is 6.42 Å². The average molecular weight is 346 g/mol. The molecule has 24 heavy (non-hydrogen) atoms. The van der Waals surface area contributed by atoms with Gasteiger partial charge in [0.2, 0.25) is 0 Å². The zero-order valence-electron chi connectivity index (χ0n) is 13.5. The topological polar surface area (TPSA) is 76.7 Å². The van der Waals surface area contributed by atoms with Crippen molar-refractivity contribution in [3.05, 3.63) is 45.1 Å². The second-order valence-corrected chi connectivity index (χ2v) is 6.57. The van der Waals surface area contributed by atoms with Crippen LogP contribution in [0.1, 0.15) is 37.4 Å². The second kappa shape index (κ2) is 6.92. The van der Waals surface area contributed by atoms with E-state index < -0.39 is 5.91 Å². The summed E-state index contributed by atoms with van der Waals surface area (Å²) in [6, 6.07) is 6.76. The lowest BCUT2D eigenvalue weighted by Gasteiger charge is -2.18. The summed E-state index contributed by atoms with van der Waals surface area (Å²) in [6.07, 6.45) is 0.874. The lowest BCUT2D eigenvalue weighted by molar-refractivity contribution is 0.0848. The molecular weight excluding hydrogens is 328 g/mol. The highest BCUT2D eigenvalue weighted by atomic mass is 32.1. The van der Waals surface area contributed by atoms with Gasteiger partial charge in [0.05, 0.1) is 4.88 Å². The van der Waals surface area contributed by atoms with Crippen LogP contribution in [0.3, 0.4) is 0 Å². The van der Waals surface area contributed by atoms with Crippen LogP contribution in [0.15, 0.2) is 24.3 Å². The number of fused-ring (bicyclic) bond motifs is 1. The van der Waals surface area contributed by atoms with E-state index in [1.54, 1.807) is 18.2 Å². The summed E-state index contributed by atoms with van der Waals surface area (Å²) in [5.74, 6) is 0.405. The number of hydrogen-bond acceptors (Lipinski definition) is 5. The fraction of sp³-hybridized carbons (Fsp3) is 0.294. The van der Waals surface area contributed by atoms with E-state index in [0.29, 0.717) is 35.2 Å². The smallest absolute Gasteiger partial charge is 0.279 e. The molecule has 0 aliphatic carbocycles. The number of aryl methyl sites for hydroxylation is 2. The van der Waals surface area contributed by atoms with Gasteiger partial charge in [-0.15, -0.1) is 11.3 Å². The molecule has 2 amide bonds. The first kappa shape index (κ1) is 16.3. The summed E-state index contributed by atoms with van der Waals surface area (Å²) in [5.41, 5.74) is 6.39. The largest absolute Gasteiger partial charge is 0.486 e. The number of hydrogen-bond donors (Lipinski definition) is 2. The lowest BCUT2D eigenvalue weighted by atomic mass is 10.2. The van der Waals surface area contributed by atoms with E-state index in [4.69, 9.17) is 9.47 Å². The van der Waals surface area contributed by atoms with Gasteiger partial charge in [0.25, 0.3) is 11.8 Å². The van der Waals surface area contributed by atoms with Crippen LogP contribution in [0.4, 0.5) is 0 Å². The van der Waals surface area contributed by atoms with E-state index in [9.17, 15) is 9.59 Å². The van der Waals surface area contributed by atoms with Crippen molar-refractivity contribution in [1.29, 1.82) is 0 Å². The highest BCUT2D eigenvalue weighted by Gasteiger charge is 2.16. The Morgan fingerprint density at radius 3 is 2.50 bits per heavy atom. The Morgan fingerprint density at radius 1 is 1.08 bits per heavy atom. The molecule has 1 aromatic carbocycles. The first-order chi connectivity index (χ1) is 11.6. The molecule has 0 bridgehead atoms. The number of rotatable bonds is 3. The third-order valence-corrected chi connectivity index (χ3v) is 4.81. The maximum absolute atomic E-state index is 12.2. The molecule has 0 saturated heterocycles. The van der Waals surface area contributed by atoms with Crippen molar-refractivity contribution in [3.8, 4) is 11.5 Å². The van der Waals surface area contributed by atoms with E-state index in [1.807, 2.05) is 19.9 Å². The van der Waals surface area contributed by atoms with Gasteiger partial charge in [-0.3, -0.25) is 20.4 Å². The Morgan fingerprint density at radius 2 is 1.79 bits per heavy atom. The summed E-state index contributed by atoms with van der Waals surface area (Å²) in [5, 5.41) is 0. The first-order valence-electron chi connectivity index (χ1n) is 7.68. The third-order valence-electron chi connectivity index (χ3n) is 3.72. The van der Waals surface area contributed by atoms with Crippen molar-refractivity contribution in [1.82, 2.24) is 10.9 Å². The highest BCUT2D eigenvalue weighted by Crippen LogP contribution is 2.30. The monoisotopic (exact) mass is 346 g/mol. The number of ether oxygens (including phenoxy) is 2. The van der Waals surface area contributed by atoms with Crippen LogP contribution < -0.4 is 20.3 Å². The molecule has 1 aromatic heterocycles. The molecule has 1 aliphatic heterocycles. The summed E-state index contributed by atoms with van der Waals surface area (Å²) in [4.78, 5) is 26.0. The standard InChI is InChI=1S/C17H18N2O4S/c1-3-11-9-15(24-10(11)2)17(21)19-18-16(20)12-4-5-13-14(8-12)23-7-6-22-13/h4-5,8-9H,3,6-7H2,1-2H3,(H,18,20)(H,19,21). The summed E-state index contributed by atoms with van der Waals surface area (Å²) in [6.45, 7) is 4.97. The molecule has 0 spiro atoms. The molecule has 6 nitrogen and oxygen atoms in total. The molecule has 0 saturated carbocycles. The van der Waals surface area contributed by atoms with Crippen LogP contribution in [0.25, 0.3) is 0 Å². The fourth-order valence-electron chi connectivity index (χ4n) is 2.41. The van der Waals surface area contributed by atoms with Gasteiger partial charge >= 0.3 is 0 Å². The van der Waals surface area contributed by atoms with Crippen LogP contribution in [-0.4, -0.2) is 25.0 Å². The molecule has 3 rings (SSSR count). The quantitative estimate of drug-likeness (QED) is 0.837. The zero-order chi connectivity index (χ0) is 17.1. The van der Waals surface area contributed by atoms with E-state index >= 15 is 0 Å². The van der Waals surface area contributed by atoms with Gasteiger partial charge in [0, 0.05) is 10.4 Å². The van der Waals surface area contributed by atoms with E-state index in [1.165, 1.54) is 11.3 Å². The second-order valence-electron chi connectivity index (χ2n) is 5.31. The number of amides is 2. The molecule has 126 valence electrons. The maximum atomic E-state index is 12.2. The third kappa shape index (κ3) is 3.35. The van der Waals surface area contributed by atoms with Gasteiger partial charge in [-0.05, 0) is 43.2 Å². The molecule has 1 aliphatic rings. The predicted molar refractivity (Wildman–Crippen MR) is 90.8 cm³/mol. The van der Waals surface area contributed by atoms with Gasteiger partial charge in [0.1, 0.15) is 13.2 Å². The van der Waals surface area contributed by atoms with E-state index in [0.717, 1.165) is 16.9 Å². The number of nitrogens with one attached hydrogen (secondary N) is 2. The van der Waals surface area contributed by atoms with Crippen molar-refractivity contribution in [2.45, 2.75) is 20.3 Å². The Kier molecular flexibility index (Phi) is 4.71. The van der Waals surface area contributed by atoms with Crippen LogP contribution in [0.2, 0.25) is 0 Å². The van der Waals surface area contributed by atoms with Gasteiger partial charge < -0.3 is 9.47 Å². The van der Waals surface area contributed by atoms with Crippen LogP contribution in [0, 0.1) is 6.92 Å². The Balaban J connectivity index is 1.63. The van der Waals surface area contributed by atoms with Crippen molar-refractivity contribution in [2.24, 2.45) is 0 Å².